The molecule has 0 N–H and O–H groups in total. The molecule has 0 aliphatic heterocycles. The van der Waals surface area contributed by atoms with Crippen LogP contribution >= 0.6 is 11.3 Å². The molecule has 0 aliphatic rings. The maximum absolute atomic E-state index is 12.2. The monoisotopic (exact) mass is 280 g/mol. The van der Waals surface area contributed by atoms with Gasteiger partial charge in [0.15, 0.2) is 0 Å². The fraction of sp³-hybridized carbons (Fsp3) is 0.615. The second-order valence-electron chi connectivity index (χ2n) is 4.94. The molecule has 0 aromatic carbocycles. The Balaban J connectivity index is 2.25. The molecule has 2 heterocycles. The van der Waals surface area contributed by atoms with Crippen LogP contribution in [0.3, 0.4) is 0 Å². The summed E-state index contributed by atoms with van der Waals surface area (Å²) in [6, 6.07) is 0.0820. The zero-order valence-electron chi connectivity index (χ0n) is 11.9. The highest BCUT2D eigenvalue weighted by atomic mass is 32.1. The minimum Gasteiger partial charge on any atom is -0.273 e. The lowest BCUT2D eigenvalue weighted by atomic mass is 10.3. The van der Waals surface area contributed by atoms with Crippen LogP contribution in [-0.4, -0.2) is 19.3 Å². The van der Waals surface area contributed by atoms with Crippen molar-refractivity contribution in [3.05, 3.63) is 32.4 Å². The van der Waals surface area contributed by atoms with E-state index in [1.54, 1.807) is 15.9 Å². The Labute approximate surface area is 116 Å². The van der Waals surface area contributed by atoms with Crippen LogP contribution in [0.25, 0.3) is 0 Å². The Morgan fingerprint density at radius 1 is 1.42 bits per heavy atom. The molecule has 6 heteroatoms. The van der Waals surface area contributed by atoms with Crippen LogP contribution in [0.1, 0.15) is 49.8 Å². The first-order chi connectivity index (χ1) is 9.02. The van der Waals surface area contributed by atoms with E-state index in [4.69, 9.17) is 0 Å². The Kier molecular flexibility index (Phi) is 4.19. The Hall–Kier alpha value is -1.43. The highest BCUT2D eigenvalue weighted by Gasteiger charge is 2.13. The molecule has 0 radical (unpaired) electrons. The average molecular weight is 280 g/mol. The highest BCUT2D eigenvalue weighted by Crippen LogP contribution is 2.13. The second kappa shape index (κ2) is 5.69. The summed E-state index contributed by atoms with van der Waals surface area (Å²) in [5.41, 5.74) is 0.888. The van der Waals surface area contributed by atoms with E-state index in [0.29, 0.717) is 6.54 Å². The number of rotatable bonds is 5. The number of hydrogen-bond donors (Lipinski definition) is 0. The molecular weight excluding hydrogens is 260 g/mol. The third-order valence-electron chi connectivity index (χ3n) is 2.94. The van der Waals surface area contributed by atoms with Crippen molar-refractivity contribution in [3.63, 3.8) is 0 Å². The van der Waals surface area contributed by atoms with E-state index in [-0.39, 0.29) is 11.7 Å². The maximum atomic E-state index is 12.2. The molecule has 0 aliphatic carbocycles. The van der Waals surface area contributed by atoms with Gasteiger partial charge < -0.3 is 0 Å². The SMILES string of the molecule is CCCc1nc(Cn2c(C)nn(C(C)C)c2=O)cs1. The fourth-order valence-corrected chi connectivity index (χ4v) is 2.84. The van der Waals surface area contributed by atoms with E-state index in [1.165, 1.54) is 4.68 Å². The van der Waals surface area contributed by atoms with E-state index in [2.05, 4.69) is 17.0 Å². The van der Waals surface area contributed by atoms with Gasteiger partial charge in [0.25, 0.3) is 0 Å². The fourth-order valence-electron chi connectivity index (χ4n) is 1.95. The third kappa shape index (κ3) is 2.94. The number of aryl methyl sites for hydroxylation is 2. The summed E-state index contributed by atoms with van der Waals surface area (Å²) in [6.07, 6.45) is 2.10. The second-order valence-corrected chi connectivity index (χ2v) is 5.88. The first-order valence-corrected chi connectivity index (χ1v) is 7.50. The van der Waals surface area contributed by atoms with Crippen molar-refractivity contribution in [3.8, 4) is 0 Å². The van der Waals surface area contributed by atoms with Crippen LogP contribution in [-0.2, 0) is 13.0 Å². The molecule has 0 bridgehead atoms. The van der Waals surface area contributed by atoms with Crippen LogP contribution < -0.4 is 5.69 Å². The zero-order valence-corrected chi connectivity index (χ0v) is 12.7. The van der Waals surface area contributed by atoms with Gasteiger partial charge in [-0.15, -0.1) is 11.3 Å². The normalized spacial score (nSPS) is 11.4. The van der Waals surface area contributed by atoms with Gasteiger partial charge in [-0.2, -0.15) is 5.10 Å². The number of thiazole rings is 1. The van der Waals surface area contributed by atoms with Gasteiger partial charge in [0, 0.05) is 5.38 Å². The first-order valence-electron chi connectivity index (χ1n) is 6.62. The van der Waals surface area contributed by atoms with Gasteiger partial charge in [-0.25, -0.2) is 14.5 Å². The Morgan fingerprint density at radius 2 is 2.16 bits per heavy atom. The number of aromatic nitrogens is 4. The van der Waals surface area contributed by atoms with Gasteiger partial charge in [0.05, 0.1) is 23.3 Å². The van der Waals surface area contributed by atoms with Crippen LogP contribution in [0.5, 0.6) is 0 Å². The van der Waals surface area contributed by atoms with Crippen molar-refractivity contribution in [1.29, 1.82) is 0 Å². The molecule has 2 aromatic rings. The Bertz CT molecular complexity index is 608. The summed E-state index contributed by atoms with van der Waals surface area (Å²) in [5, 5.41) is 7.46. The minimum absolute atomic E-state index is 0.0578. The van der Waals surface area contributed by atoms with Crippen molar-refractivity contribution in [2.45, 2.75) is 53.1 Å². The van der Waals surface area contributed by atoms with Gasteiger partial charge in [0.2, 0.25) is 0 Å². The molecule has 0 saturated heterocycles. The molecule has 0 unspecified atom stereocenters. The van der Waals surface area contributed by atoms with Gasteiger partial charge in [-0.05, 0) is 33.6 Å². The molecule has 2 aromatic heterocycles. The van der Waals surface area contributed by atoms with Crippen LogP contribution in [0.4, 0.5) is 0 Å². The van der Waals surface area contributed by atoms with Gasteiger partial charge in [-0.1, -0.05) is 6.92 Å². The molecular formula is C13H20N4OS. The van der Waals surface area contributed by atoms with Crippen molar-refractivity contribution in [2.75, 3.05) is 0 Å². The summed E-state index contributed by atoms with van der Waals surface area (Å²) >= 11 is 1.66. The predicted octanol–water partition coefficient (Wildman–Crippen LogP) is 2.39. The van der Waals surface area contributed by atoms with E-state index in [1.807, 2.05) is 26.2 Å². The summed E-state index contributed by atoms with van der Waals surface area (Å²) in [4.78, 5) is 16.8. The van der Waals surface area contributed by atoms with E-state index in [0.717, 1.165) is 29.4 Å². The Morgan fingerprint density at radius 3 is 2.74 bits per heavy atom. The number of nitrogens with zero attached hydrogens (tertiary/aromatic N) is 4. The van der Waals surface area contributed by atoms with Crippen LogP contribution in [0.15, 0.2) is 10.2 Å². The molecule has 0 saturated carbocycles. The van der Waals surface area contributed by atoms with E-state index in [9.17, 15) is 4.79 Å². The lowest BCUT2D eigenvalue weighted by Gasteiger charge is -2.01. The summed E-state index contributed by atoms with van der Waals surface area (Å²) in [7, 11) is 0. The molecule has 5 nitrogen and oxygen atoms in total. The third-order valence-corrected chi connectivity index (χ3v) is 3.90. The molecule has 0 atom stereocenters. The van der Waals surface area contributed by atoms with Crippen molar-refractivity contribution >= 4 is 11.3 Å². The van der Waals surface area contributed by atoms with Crippen LogP contribution in [0.2, 0.25) is 0 Å². The molecule has 2 rings (SSSR count). The summed E-state index contributed by atoms with van der Waals surface area (Å²) in [5.74, 6) is 0.740. The van der Waals surface area contributed by atoms with Gasteiger partial charge in [-0.3, -0.25) is 4.57 Å². The highest BCUT2D eigenvalue weighted by molar-refractivity contribution is 7.09. The molecule has 104 valence electrons. The lowest BCUT2D eigenvalue weighted by Crippen LogP contribution is -2.26. The largest absolute Gasteiger partial charge is 0.346 e. The van der Waals surface area contributed by atoms with Crippen molar-refractivity contribution in [2.24, 2.45) is 0 Å². The molecule has 0 fully saturated rings. The average Bonchev–Trinajstić information content (AvgIpc) is 2.89. The quantitative estimate of drug-likeness (QED) is 0.845. The predicted molar refractivity (Wildman–Crippen MR) is 76.8 cm³/mol. The molecule has 0 spiro atoms. The van der Waals surface area contributed by atoms with Crippen LogP contribution in [0, 0.1) is 6.92 Å². The van der Waals surface area contributed by atoms with Crippen molar-refractivity contribution in [1.82, 2.24) is 19.3 Å². The topological polar surface area (TPSA) is 52.7 Å². The summed E-state index contributed by atoms with van der Waals surface area (Å²) in [6.45, 7) is 8.43. The maximum Gasteiger partial charge on any atom is 0.346 e. The van der Waals surface area contributed by atoms with E-state index < -0.39 is 0 Å². The van der Waals surface area contributed by atoms with E-state index >= 15 is 0 Å². The van der Waals surface area contributed by atoms with Crippen molar-refractivity contribution < 1.29 is 0 Å². The number of hydrogen-bond acceptors (Lipinski definition) is 4. The molecule has 0 amide bonds. The van der Waals surface area contributed by atoms with Gasteiger partial charge >= 0.3 is 5.69 Å². The first kappa shape index (κ1) is 14.0. The zero-order chi connectivity index (χ0) is 14.0. The summed E-state index contributed by atoms with van der Waals surface area (Å²) < 4.78 is 3.21. The standard InChI is InChI=1S/C13H20N4OS/c1-5-6-12-14-11(8-19-12)7-16-10(4)15-17(9(2)3)13(16)18/h8-9H,5-7H2,1-4H3. The smallest absolute Gasteiger partial charge is 0.273 e. The minimum atomic E-state index is -0.0578. The lowest BCUT2D eigenvalue weighted by molar-refractivity contribution is 0.505. The molecule has 19 heavy (non-hydrogen) atoms. The van der Waals surface area contributed by atoms with Gasteiger partial charge in [0.1, 0.15) is 5.82 Å².